The first-order chi connectivity index (χ1) is 19.6. The van der Waals surface area contributed by atoms with E-state index in [4.69, 9.17) is 14.2 Å². The van der Waals surface area contributed by atoms with Gasteiger partial charge in [-0.05, 0) is 24.6 Å². The van der Waals surface area contributed by atoms with Crippen LogP contribution in [0.4, 0.5) is 23.3 Å². The van der Waals surface area contributed by atoms with E-state index in [2.05, 4.69) is 35.2 Å². The van der Waals surface area contributed by atoms with Gasteiger partial charge in [0, 0.05) is 69.6 Å². The zero-order chi connectivity index (χ0) is 29.1. The fourth-order valence-electron chi connectivity index (χ4n) is 4.72. The second-order valence-corrected chi connectivity index (χ2v) is 11.3. The zero-order valence-corrected chi connectivity index (χ0v) is 24.5. The second-order valence-electron chi connectivity index (χ2n) is 11.3. The molecule has 216 valence electrons. The van der Waals surface area contributed by atoms with Crippen LogP contribution in [-0.4, -0.2) is 89.4 Å². The number of hydrogen-bond acceptors (Lipinski definition) is 11. The molecule has 0 unspecified atom stereocenters. The SMILES string of the molecule is COCCN1CCN(c2ncc3ncnc(N(C)c4cc(C(=O)Nc5cc(C(C)(C)C)on5)ccc4C)c3n2)CC1. The Labute approximate surface area is 239 Å². The smallest absolute Gasteiger partial charge is 0.256 e. The third kappa shape index (κ3) is 6.28. The van der Waals surface area contributed by atoms with Crippen molar-refractivity contribution in [2.45, 2.75) is 33.1 Å². The van der Waals surface area contributed by atoms with E-state index in [0.717, 1.165) is 50.6 Å². The molecule has 5 rings (SSSR count). The Bertz CT molecular complexity index is 1520. The summed E-state index contributed by atoms with van der Waals surface area (Å²) in [5.41, 5.74) is 3.37. The van der Waals surface area contributed by atoms with Gasteiger partial charge in [0.15, 0.2) is 11.6 Å². The van der Waals surface area contributed by atoms with Crippen LogP contribution in [0.15, 0.2) is 41.3 Å². The van der Waals surface area contributed by atoms with Crippen molar-refractivity contribution in [1.82, 2.24) is 30.0 Å². The van der Waals surface area contributed by atoms with Gasteiger partial charge in [0.25, 0.3) is 5.91 Å². The number of fused-ring (bicyclic) bond motifs is 1. The predicted molar refractivity (Wildman–Crippen MR) is 158 cm³/mol. The Balaban J connectivity index is 1.38. The molecule has 3 aromatic heterocycles. The number of ether oxygens (including phenoxy) is 1. The molecule has 12 heteroatoms. The van der Waals surface area contributed by atoms with Crippen molar-refractivity contribution in [1.29, 1.82) is 0 Å². The number of nitrogens with one attached hydrogen (secondary N) is 1. The number of aryl methyl sites for hydroxylation is 1. The molecule has 1 fully saturated rings. The van der Waals surface area contributed by atoms with E-state index in [1.807, 2.05) is 51.8 Å². The highest BCUT2D eigenvalue weighted by Gasteiger charge is 2.23. The summed E-state index contributed by atoms with van der Waals surface area (Å²) < 4.78 is 10.6. The van der Waals surface area contributed by atoms with Crippen LogP contribution in [0.1, 0.15) is 42.5 Å². The van der Waals surface area contributed by atoms with E-state index in [9.17, 15) is 4.79 Å². The minimum absolute atomic E-state index is 0.210. The highest BCUT2D eigenvalue weighted by atomic mass is 16.5. The van der Waals surface area contributed by atoms with Gasteiger partial charge in [-0.1, -0.05) is 32.0 Å². The topological polar surface area (TPSA) is 126 Å². The first kappa shape index (κ1) is 28.4. The molecule has 1 aromatic carbocycles. The number of anilines is 4. The fraction of sp³-hybridized carbons (Fsp3) is 0.448. The lowest BCUT2D eigenvalue weighted by molar-refractivity contribution is 0.102. The van der Waals surface area contributed by atoms with Crippen molar-refractivity contribution >= 4 is 40.2 Å². The number of piperazine rings is 1. The van der Waals surface area contributed by atoms with Crippen LogP contribution in [0.25, 0.3) is 11.0 Å². The quantitative estimate of drug-likeness (QED) is 0.339. The predicted octanol–water partition coefficient (Wildman–Crippen LogP) is 3.80. The number of hydrogen-bond donors (Lipinski definition) is 1. The Hall–Kier alpha value is -4.16. The van der Waals surface area contributed by atoms with E-state index in [1.165, 1.54) is 6.33 Å². The number of aromatic nitrogens is 5. The van der Waals surface area contributed by atoms with E-state index >= 15 is 0 Å². The monoisotopic (exact) mass is 559 g/mol. The summed E-state index contributed by atoms with van der Waals surface area (Å²) in [6.07, 6.45) is 3.25. The molecule has 1 saturated heterocycles. The molecule has 0 radical (unpaired) electrons. The molecule has 0 bridgehead atoms. The van der Waals surface area contributed by atoms with Gasteiger partial charge >= 0.3 is 0 Å². The van der Waals surface area contributed by atoms with Crippen molar-refractivity contribution in [3.8, 4) is 0 Å². The van der Waals surface area contributed by atoms with E-state index in [-0.39, 0.29) is 11.3 Å². The maximum atomic E-state index is 13.1. The van der Waals surface area contributed by atoms with E-state index in [1.54, 1.807) is 25.4 Å². The molecule has 1 N–H and O–H groups in total. The molecular formula is C29H37N9O3. The number of amides is 1. The Morgan fingerprint density at radius 1 is 1.12 bits per heavy atom. The number of carbonyl (C=O) groups excluding carboxylic acids is 1. The Kier molecular flexibility index (Phi) is 8.13. The minimum atomic E-state index is -0.282. The Morgan fingerprint density at radius 3 is 2.61 bits per heavy atom. The third-order valence-electron chi connectivity index (χ3n) is 7.25. The Morgan fingerprint density at radius 2 is 1.90 bits per heavy atom. The number of methoxy groups -OCH3 is 1. The van der Waals surface area contributed by atoms with Crippen molar-refractivity contribution < 1.29 is 14.1 Å². The third-order valence-corrected chi connectivity index (χ3v) is 7.25. The molecular weight excluding hydrogens is 522 g/mol. The van der Waals surface area contributed by atoms with E-state index < -0.39 is 0 Å². The molecule has 0 atom stereocenters. The fourth-order valence-corrected chi connectivity index (χ4v) is 4.72. The maximum absolute atomic E-state index is 13.1. The highest BCUT2D eigenvalue weighted by Crippen LogP contribution is 2.31. The first-order valence-electron chi connectivity index (χ1n) is 13.7. The molecule has 1 aliphatic rings. The zero-order valence-electron chi connectivity index (χ0n) is 24.5. The summed E-state index contributed by atoms with van der Waals surface area (Å²) in [6.45, 7) is 13.2. The lowest BCUT2D eigenvalue weighted by Gasteiger charge is -2.34. The number of carbonyl (C=O) groups is 1. The summed E-state index contributed by atoms with van der Waals surface area (Å²) in [6, 6.07) is 7.29. The van der Waals surface area contributed by atoms with Gasteiger partial charge in [-0.3, -0.25) is 9.69 Å². The minimum Gasteiger partial charge on any atom is -0.383 e. The standard InChI is InChI=1S/C29H37N9O3/c1-19-7-8-20(27(39)33-24-16-23(41-35-24)29(2,3)4)15-22(19)36(5)26-25-21(31-18-32-26)17-30-28(34-25)38-11-9-37(10-12-38)13-14-40-6/h7-8,15-18H,9-14H2,1-6H3,(H,33,35,39). The molecule has 0 aliphatic carbocycles. The van der Waals surface area contributed by atoms with Crippen LogP contribution in [-0.2, 0) is 10.2 Å². The molecule has 4 aromatic rings. The molecule has 41 heavy (non-hydrogen) atoms. The van der Waals surface area contributed by atoms with Crippen molar-refractivity contribution in [2.24, 2.45) is 0 Å². The summed E-state index contributed by atoms with van der Waals surface area (Å²) >= 11 is 0. The highest BCUT2D eigenvalue weighted by molar-refractivity contribution is 6.04. The number of benzene rings is 1. The van der Waals surface area contributed by atoms with Crippen LogP contribution in [0.5, 0.6) is 0 Å². The molecule has 12 nitrogen and oxygen atoms in total. The molecule has 0 spiro atoms. The van der Waals surface area contributed by atoms with Gasteiger partial charge in [-0.2, -0.15) is 0 Å². The maximum Gasteiger partial charge on any atom is 0.256 e. The number of rotatable bonds is 8. The van der Waals surface area contributed by atoms with Gasteiger partial charge in [0.1, 0.15) is 23.1 Å². The summed E-state index contributed by atoms with van der Waals surface area (Å²) in [5.74, 6) is 2.07. The van der Waals surface area contributed by atoms with Crippen molar-refractivity contribution in [3.05, 3.63) is 53.7 Å². The summed E-state index contributed by atoms with van der Waals surface area (Å²) in [7, 11) is 3.64. The van der Waals surface area contributed by atoms with Gasteiger partial charge in [0.2, 0.25) is 5.95 Å². The van der Waals surface area contributed by atoms with Crippen molar-refractivity contribution in [3.63, 3.8) is 0 Å². The summed E-state index contributed by atoms with van der Waals surface area (Å²) in [4.78, 5) is 38.1. The normalized spacial score (nSPS) is 14.4. The van der Waals surface area contributed by atoms with Crippen LogP contribution >= 0.6 is 0 Å². The lowest BCUT2D eigenvalue weighted by Crippen LogP contribution is -2.47. The summed E-state index contributed by atoms with van der Waals surface area (Å²) in [5, 5.41) is 6.85. The van der Waals surface area contributed by atoms with Crippen molar-refractivity contribution in [2.75, 3.05) is 68.6 Å². The molecule has 1 amide bonds. The largest absolute Gasteiger partial charge is 0.383 e. The number of nitrogens with zero attached hydrogens (tertiary/aromatic N) is 8. The average Bonchev–Trinajstić information content (AvgIpc) is 3.45. The lowest BCUT2D eigenvalue weighted by atomic mass is 9.93. The first-order valence-corrected chi connectivity index (χ1v) is 13.7. The van der Waals surface area contributed by atoms with Gasteiger partial charge in [-0.25, -0.2) is 19.9 Å². The second kappa shape index (κ2) is 11.8. The average molecular weight is 560 g/mol. The molecule has 4 heterocycles. The van der Waals surface area contributed by atoms with Crippen LogP contribution in [0.2, 0.25) is 0 Å². The molecule has 0 saturated carbocycles. The van der Waals surface area contributed by atoms with Crippen LogP contribution in [0.3, 0.4) is 0 Å². The van der Waals surface area contributed by atoms with Gasteiger partial charge < -0.3 is 24.4 Å². The van der Waals surface area contributed by atoms with Crippen LogP contribution < -0.4 is 15.1 Å². The van der Waals surface area contributed by atoms with Gasteiger partial charge in [0.05, 0.1) is 12.8 Å². The van der Waals surface area contributed by atoms with Crippen LogP contribution in [0, 0.1) is 6.92 Å². The molecule has 1 aliphatic heterocycles. The van der Waals surface area contributed by atoms with Gasteiger partial charge in [-0.15, -0.1) is 0 Å². The van der Waals surface area contributed by atoms with E-state index in [0.29, 0.717) is 39.9 Å².